The molecule has 0 saturated heterocycles. The average molecular weight is 197 g/mol. The summed E-state index contributed by atoms with van der Waals surface area (Å²) < 4.78 is 0. The van der Waals surface area contributed by atoms with Crippen molar-refractivity contribution in [3.05, 3.63) is 18.2 Å². The van der Waals surface area contributed by atoms with E-state index in [1.54, 1.807) is 19.6 Å². The van der Waals surface area contributed by atoms with E-state index < -0.39 is 0 Å². The second kappa shape index (κ2) is 7.12. The van der Waals surface area contributed by atoms with Crippen LogP contribution in [-0.4, -0.2) is 22.9 Å². The zero-order valence-electron chi connectivity index (χ0n) is 9.29. The molecule has 80 valence electrons. The number of hydrogen-bond donors (Lipinski definition) is 2. The van der Waals surface area contributed by atoms with E-state index in [9.17, 15) is 4.79 Å². The summed E-state index contributed by atoms with van der Waals surface area (Å²) in [6, 6.07) is 0. The van der Waals surface area contributed by atoms with Crippen molar-refractivity contribution in [2.75, 3.05) is 7.05 Å². The number of hydrogen-bond acceptors (Lipinski definition) is 2. The lowest BCUT2D eigenvalue weighted by Gasteiger charge is -2.00. The van der Waals surface area contributed by atoms with E-state index in [2.05, 4.69) is 15.3 Å². The van der Waals surface area contributed by atoms with Gasteiger partial charge in [0.2, 0.25) is 5.91 Å². The van der Waals surface area contributed by atoms with Crippen LogP contribution in [0.5, 0.6) is 0 Å². The van der Waals surface area contributed by atoms with E-state index in [4.69, 9.17) is 0 Å². The summed E-state index contributed by atoms with van der Waals surface area (Å²) in [5, 5.41) is 2.56. The highest BCUT2D eigenvalue weighted by Crippen LogP contribution is 1.96. The van der Waals surface area contributed by atoms with Gasteiger partial charge in [-0.15, -0.1) is 0 Å². The van der Waals surface area contributed by atoms with Gasteiger partial charge >= 0.3 is 0 Å². The second-order valence-electron chi connectivity index (χ2n) is 3.51. The summed E-state index contributed by atoms with van der Waals surface area (Å²) in [7, 11) is 1.66. The molecular formula is C10H19N3O. The van der Waals surface area contributed by atoms with E-state index >= 15 is 0 Å². The predicted octanol–water partition coefficient (Wildman–Crippen LogP) is 1.50. The number of imidazole rings is 1. The van der Waals surface area contributed by atoms with Crippen LogP contribution in [0.2, 0.25) is 0 Å². The van der Waals surface area contributed by atoms with Crippen LogP contribution in [-0.2, 0) is 4.79 Å². The van der Waals surface area contributed by atoms with Crippen molar-refractivity contribution in [1.82, 2.24) is 15.3 Å². The van der Waals surface area contributed by atoms with Gasteiger partial charge in [-0.3, -0.25) is 4.79 Å². The highest BCUT2D eigenvalue weighted by molar-refractivity contribution is 5.75. The summed E-state index contributed by atoms with van der Waals surface area (Å²) >= 11 is 0. The molecule has 1 amide bonds. The first kappa shape index (κ1) is 12.7. The Labute approximate surface area is 85.1 Å². The molecule has 0 aliphatic heterocycles. The van der Waals surface area contributed by atoms with Gasteiger partial charge < -0.3 is 10.3 Å². The molecule has 1 rings (SSSR count). The zero-order chi connectivity index (χ0) is 11.0. The average Bonchev–Trinajstić information content (AvgIpc) is 2.56. The second-order valence-corrected chi connectivity index (χ2v) is 3.51. The molecule has 1 aromatic heterocycles. The van der Waals surface area contributed by atoms with Gasteiger partial charge in [-0.2, -0.15) is 0 Å². The third kappa shape index (κ3) is 7.34. The number of carbonyl (C=O) groups excluding carboxylic acids is 1. The number of aryl methyl sites for hydroxylation is 1. The number of nitrogens with zero attached hydrogens (tertiary/aromatic N) is 1. The van der Waals surface area contributed by atoms with Crippen LogP contribution in [0, 0.1) is 12.8 Å². The van der Waals surface area contributed by atoms with Crippen LogP contribution in [0.3, 0.4) is 0 Å². The number of nitrogens with one attached hydrogen (secondary N) is 2. The molecule has 0 aromatic carbocycles. The Morgan fingerprint density at radius 3 is 2.43 bits per heavy atom. The smallest absolute Gasteiger partial charge is 0.219 e. The first-order chi connectivity index (χ1) is 6.56. The minimum Gasteiger partial charge on any atom is -0.359 e. The van der Waals surface area contributed by atoms with E-state index in [-0.39, 0.29) is 5.91 Å². The maximum atomic E-state index is 10.5. The standard InChI is InChI=1S/C6H13NO.C4H6N2/c1-5(2)4-6(8)7-3;1-4-2-5-3-6-4/h5H,4H2,1-3H3,(H,7,8);2-3H,1H3,(H,5,6). The molecule has 0 aliphatic rings. The molecule has 1 heterocycles. The quantitative estimate of drug-likeness (QED) is 0.754. The lowest BCUT2D eigenvalue weighted by Crippen LogP contribution is -2.19. The fraction of sp³-hybridized carbons (Fsp3) is 0.600. The van der Waals surface area contributed by atoms with Gasteiger partial charge in [0.15, 0.2) is 0 Å². The van der Waals surface area contributed by atoms with Crippen LogP contribution in [0.1, 0.15) is 26.0 Å². The Bertz CT molecular complexity index is 242. The van der Waals surface area contributed by atoms with Gasteiger partial charge in [0.1, 0.15) is 0 Å². The van der Waals surface area contributed by atoms with E-state index in [0.29, 0.717) is 12.3 Å². The summed E-state index contributed by atoms with van der Waals surface area (Å²) in [6.07, 6.45) is 4.08. The SMILES string of the molecule is CNC(=O)CC(C)C.Cc1cnc[nH]1. The summed E-state index contributed by atoms with van der Waals surface area (Å²) in [5.41, 5.74) is 1.11. The van der Waals surface area contributed by atoms with Gasteiger partial charge in [-0.1, -0.05) is 13.8 Å². The number of rotatable bonds is 2. The maximum Gasteiger partial charge on any atom is 0.219 e. The maximum absolute atomic E-state index is 10.5. The fourth-order valence-electron chi connectivity index (χ4n) is 0.798. The third-order valence-electron chi connectivity index (χ3n) is 1.51. The first-order valence-electron chi connectivity index (χ1n) is 4.71. The van der Waals surface area contributed by atoms with Crippen molar-refractivity contribution in [3.8, 4) is 0 Å². The molecule has 0 bridgehead atoms. The number of aromatic nitrogens is 2. The Balaban J connectivity index is 0.000000249. The lowest BCUT2D eigenvalue weighted by molar-refractivity contribution is -0.121. The molecule has 0 unspecified atom stereocenters. The fourth-order valence-corrected chi connectivity index (χ4v) is 0.798. The van der Waals surface area contributed by atoms with Gasteiger partial charge in [0.05, 0.1) is 6.33 Å². The highest BCUT2D eigenvalue weighted by Gasteiger charge is 1.99. The van der Waals surface area contributed by atoms with E-state index in [1.165, 1.54) is 0 Å². The summed E-state index contributed by atoms with van der Waals surface area (Å²) in [6.45, 7) is 6.01. The Morgan fingerprint density at radius 2 is 2.29 bits per heavy atom. The number of carbonyl (C=O) groups is 1. The largest absolute Gasteiger partial charge is 0.359 e. The Hall–Kier alpha value is -1.32. The molecule has 0 aliphatic carbocycles. The number of H-pyrrole nitrogens is 1. The van der Waals surface area contributed by atoms with Gasteiger partial charge in [-0.25, -0.2) is 4.98 Å². The molecule has 0 atom stereocenters. The van der Waals surface area contributed by atoms with Crippen LogP contribution >= 0.6 is 0 Å². The Morgan fingerprint density at radius 1 is 1.64 bits per heavy atom. The van der Waals surface area contributed by atoms with E-state index in [1.807, 2.05) is 20.8 Å². The summed E-state index contributed by atoms with van der Waals surface area (Å²) in [4.78, 5) is 17.2. The third-order valence-corrected chi connectivity index (χ3v) is 1.51. The summed E-state index contributed by atoms with van der Waals surface area (Å²) in [5.74, 6) is 0.593. The Kier molecular flexibility index (Phi) is 6.45. The van der Waals surface area contributed by atoms with Gasteiger partial charge in [0, 0.05) is 25.4 Å². The van der Waals surface area contributed by atoms with Gasteiger partial charge in [0.25, 0.3) is 0 Å². The number of aromatic amines is 1. The number of amides is 1. The van der Waals surface area contributed by atoms with Crippen molar-refractivity contribution in [2.24, 2.45) is 5.92 Å². The van der Waals surface area contributed by atoms with Crippen molar-refractivity contribution in [1.29, 1.82) is 0 Å². The molecule has 1 aromatic rings. The van der Waals surface area contributed by atoms with Crippen LogP contribution in [0.15, 0.2) is 12.5 Å². The molecule has 0 radical (unpaired) electrons. The monoisotopic (exact) mass is 197 g/mol. The molecular weight excluding hydrogens is 178 g/mol. The van der Waals surface area contributed by atoms with Crippen molar-refractivity contribution in [3.63, 3.8) is 0 Å². The van der Waals surface area contributed by atoms with Crippen molar-refractivity contribution in [2.45, 2.75) is 27.2 Å². The minimum atomic E-state index is 0.125. The molecule has 4 heteroatoms. The first-order valence-corrected chi connectivity index (χ1v) is 4.71. The van der Waals surface area contributed by atoms with Gasteiger partial charge in [-0.05, 0) is 12.8 Å². The topological polar surface area (TPSA) is 57.8 Å². The van der Waals surface area contributed by atoms with Crippen LogP contribution in [0.4, 0.5) is 0 Å². The van der Waals surface area contributed by atoms with Crippen molar-refractivity contribution >= 4 is 5.91 Å². The molecule has 14 heavy (non-hydrogen) atoms. The molecule has 0 fully saturated rings. The lowest BCUT2D eigenvalue weighted by atomic mass is 10.1. The predicted molar refractivity (Wildman–Crippen MR) is 56.8 cm³/mol. The van der Waals surface area contributed by atoms with E-state index in [0.717, 1.165) is 5.69 Å². The zero-order valence-corrected chi connectivity index (χ0v) is 9.29. The molecule has 4 nitrogen and oxygen atoms in total. The van der Waals surface area contributed by atoms with Crippen LogP contribution < -0.4 is 5.32 Å². The molecule has 2 N–H and O–H groups in total. The van der Waals surface area contributed by atoms with Crippen LogP contribution in [0.25, 0.3) is 0 Å². The minimum absolute atomic E-state index is 0.125. The highest BCUT2D eigenvalue weighted by atomic mass is 16.1. The molecule has 0 spiro atoms. The van der Waals surface area contributed by atoms with Crippen molar-refractivity contribution < 1.29 is 4.79 Å². The molecule has 0 saturated carbocycles. The normalized spacial score (nSPS) is 9.21.